The van der Waals surface area contributed by atoms with E-state index in [-0.39, 0.29) is 0 Å². The molecule has 1 fully saturated rings. The molecule has 0 saturated carbocycles. The first-order valence-electron chi connectivity index (χ1n) is 4.69. The molecule has 0 aromatic heterocycles. The lowest BCUT2D eigenvalue weighted by Gasteiger charge is -2.34. The smallest absolute Gasteiger partial charge is 0.323 e. The number of hydrogen-bond acceptors (Lipinski definition) is 3. The number of carbonyl (C=O) groups is 2. The maximum atomic E-state index is 11.1. The summed E-state index contributed by atoms with van der Waals surface area (Å²) in [5, 5.41) is 9.08. The highest BCUT2D eigenvalue weighted by Crippen LogP contribution is 2.30. The Morgan fingerprint density at radius 3 is 2.57 bits per heavy atom. The number of aliphatic carboxylic acids is 1. The molecule has 0 aromatic carbocycles. The number of carboxylic acid groups (broad SMARTS) is 1. The van der Waals surface area contributed by atoms with Gasteiger partial charge in [-0.15, -0.1) is 0 Å². The number of amides is 1. The van der Waals surface area contributed by atoms with Crippen LogP contribution in [0, 0.1) is 0 Å². The van der Waals surface area contributed by atoms with Crippen LogP contribution >= 0.6 is 0 Å². The van der Waals surface area contributed by atoms with Gasteiger partial charge in [0.1, 0.15) is 5.54 Å². The topological polar surface area (TPSA) is 83.6 Å². The number of hydrogen-bond donors (Lipinski definition) is 2. The third kappa shape index (κ3) is 1.59. The number of carboxylic acids is 1. The lowest BCUT2D eigenvalue weighted by molar-refractivity contribution is -0.150. The van der Waals surface area contributed by atoms with Crippen LogP contribution in [0.2, 0.25) is 0 Å². The number of nitrogens with zero attached hydrogens (tertiary/aromatic N) is 1. The van der Waals surface area contributed by atoms with Gasteiger partial charge in [0.25, 0.3) is 0 Å². The van der Waals surface area contributed by atoms with Gasteiger partial charge < -0.3 is 10.8 Å². The van der Waals surface area contributed by atoms with Crippen LogP contribution in [0.25, 0.3) is 0 Å². The molecule has 0 aromatic rings. The first-order chi connectivity index (χ1) is 6.39. The van der Waals surface area contributed by atoms with Gasteiger partial charge in [0, 0.05) is 6.54 Å². The van der Waals surface area contributed by atoms with Crippen molar-refractivity contribution >= 4 is 11.9 Å². The number of nitrogens with two attached hydrogens (primary N) is 1. The SMILES string of the molecule is CC(C(N)=O)N1CCCC1(C)C(=O)O. The fraction of sp³-hybridized carbons (Fsp3) is 0.778. The fourth-order valence-electron chi connectivity index (χ4n) is 1.99. The molecular formula is C9H16N2O3. The molecule has 14 heavy (non-hydrogen) atoms. The predicted molar refractivity (Wildman–Crippen MR) is 50.6 cm³/mol. The van der Waals surface area contributed by atoms with Crippen molar-refractivity contribution in [1.82, 2.24) is 4.90 Å². The summed E-state index contributed by atoms with van der Waals surface area (Å²) in [6, 6.07) is -0.515. The van der Waals surface area contributed by atoms with E-state index in [0.29, 0.717) is 13.0 Å². The average Bonchev–Trinajstić information content (AvgIpc) is 2.47. The van der Waals surface area contributed by atoms with E-state index in [9.17, 15) is 9.59 Å². The van der Waals surface area contributed by atoms with E-state index < -0.39 is 23.5 Å². The van der Waals surface area contributed by atoms with Crippen LogP contribution in [0.15, 0.2) is 0 Å². The highest BCUT2D eigenvalue weighted by atomic mass is 16.4. The van der Waals surface area contributed by atoms with Crippen LogP contribution in [0.3, 0.4) is 0 Å². The molecule has 0 aliphatic carbocycles. The minimum Gasteiger partial charge on any atom is -0.480 e. The average molecular weight is 200 g/mol. The van der Waals surface area contributed by atoms with Gasteiger partial charge in [-0.05, 0) is 26.7 Å². The number of carbonyl (C=O) groups excluding carboxylic acids is 1. The standard InChI is InChI=1S/C9H16N2O3/c1-6(7(10)12)11-5-3-4-9(11,2)8(13)14/h6H,3-5H2,1-2H3,(H2,10,12)(H,13,14). The second-order valence-electron chi connectivity index (χ2n) is 3.95. The van der Waals surface area contributed by atoms with Gasteiger partial charge in [-0.3, -0.25) is 14.5 Å². The lowest BCUT2D eigenvalue weighted by atomic mass is 9.98. The number of primary amides is 1. The summed E-state index contributed by atoms with van der Waals surface area (Å²) in [5.41, 5.74) is 4.23. The van der Waals surface area contributed by atoms with Gasteiger partial charge in [-0.1, -0.05) is 0 Å². The Kier molecular flexibility index (Phi) is 2.80. The Morgan fingerprint density at radius 2 is 2.14 bits per heavy atom. The molecule has 1 rings (SSSR count). The van der Waals surface area contributed by atoms with Crippen LogP contribution in [0.5, 0.6) is 0 Å². The molecule has 5 nitrogen and oxygen atoms in total. The second-order valence-corrected chi connectivity index (χ2v) is 3.95. The predicted octanol–water partition coefficient (Wildman–Crippen LogP) is -0.201. The largest absolute Gasteiger partial charge is 0.480 e. The van der Waals surface area contributed by atoms with E-state index in [2.05, 4.69) is 0 Å². The van der Waals surface area contributed by atoms with Crippen molar-refractivity contribution in [2.75, 3.05) is 6.54 Å². The molecule has 80 valence electrons. The molecule has 1 saturated heterocycles. The summed E-state index contributed by atoms with van der Waals surface area (Å²) in [6.45, 7) is 3.91. The van der Waals surface area contributed by atoms with E-state index >= 15 is 0 Å². The van der Waals surface area contributed by atoms with Crippen molar-refractivity contribution in [2.24, 2.45) is 5.73 Å². The van der Waals surface area contributed by atoms with Gasteiger partial charge in [-0.2, -0.15) is 0 Å². The van der Waals surface area contributed by atoms with Gasteiger partial charge in [0.15, 0.2) is 0 Å². The van der Waals surface area contributed by atoms with Crippen LogP contribution in [-0.2, 0) is 9.59 Å². The minimum absolute atomic E-state index is 0.473. The van der Waals surface area contributed by atoms with Gasteiger partial charge in [0.2, 0.25) is 5.91 Å². The number of rotatable bonds is 3. The molecule has 2 unspecified atom stereocenters. The highest BCUT2D eigenvalue weighted by molar-refractivity contribution is 5.83. The fourth-order valence-corrected chi connectivity index (χ4v) is 1.99. The first-order valence-corrected chi connectivity index (χ1v) is 4.69. The third-order valence-electron chi connectivity index (χ3n) is 3.04. The van der Waals surface area contributed by atoms with Crippen LogP contribution in [-0.4, -0.2) is 40.0 Å². The summed E-state index contributed by atoms with van der Waals surface area (Å²) < 4.78 is 0. The molecule has 1 aliphatic heterocycles. The Morgan fingerprint density at radius 1 is 1.57 bits per heavy atom. The highest BCUT2D eigenvalue weighted by Gasteiger charge is 2.46. The Hall–Kier alpha value is -1.10. The number of likely N-dealkylation sites (tertiary alicyclic amines) is 1. The van der Waals surface area contributed by atoms with Crippen molar-refractivity contribution in [3.8, 4) is 0 Å². The first kappa shape index (κ1) is 11.0. The van der Waals surface area contributed by atoms with E-state index in [0.717, 1.165) is 6.42 Å². The van der Waals surface area contributed by atoms with Gasteiger partial charge >= 0.3 is 5.97 Å². The summed E-state index contributed by atoms with van der Waals surface area (Å²) in [6.07, 6.45) is 1.36. The maximum Gasteiger partial charge on any atom is 0.323 e. The molecule has 1 heterocycles. The monoisotopic (exact) mass is 200 g/mol. The normalized spacial score (nSPS) is 30.1. The molecule has 2 atom stereocenters. The summed E-state index contributed by atoms with van der Waals surface area (Å²) in [7, 11) is 0. The molecule has 0 radical (unpaired) electrons. The molecule has 1 amide bonds. The summed E-state index contributed by atoms with van der Waals surface area (Å²) in [5.74, 6) is -1.36. The second kappa shape index (κ2) is 3.57. The zero-order chi connectivity index (χ0) is 10.9. The quantitative estimate of drug-likeness (QED) is 0.660. The molecule has 1 aliphatic rings. The van der Waals surface area contributed by atoms with E-state index in [1.807, 2.05) is 0 Å². The van der Waals surface area contributed by atoms with Crippen molar-refractivity contribution < 1.29 is 14.7 Å². The zero-order valence-electron chi connectivity index (χ0n) is 8.49. The van der Waals surface area contributed by atoms with Crippen LogP contribution in [0.1, 0.15) is 26.7 Å². The summed E-state index contributed by atoms with van der Waals surface area (Å²) >= 11 is 0. The minimum atomic E-state index is -0.936. The van der Waals surface area contributed by atoms with E-state index in [4.69, 9.17) is 10.8 Å². The van der Waals surface area contributed by atoms with Crippen molar-refractivity contribution in [2.45, 2.75) is 38.3 Å². The maximum absolute atomic E-state index is 11.1. The Labute approximate surface area is 82.9 Å². The molecule has 3 N–H and O–H groups in total. The molecule has 0 bridgehead atoms. The van der Waals surface area contributed by atoms with Crippen molar-refractivity contribution in [1.29, 1.82) is 0 Å². The molecule has 0 spiro atoms. The third-order valence-corrected chi connectivity index (χ3v) is 3.04. The lowest BCUT2D eigenvalue weighted by Crippen LogP contribution is -2.55. The zero-order valence-corrected chi connectivity index (χ0v) is 8.49. The molecular weight excluding hydrogens is 184 g/mol. The summed E-state index contributed by atoms with van der Waals surface area (Å²) in [4.78, 5) is 23.7. The van der Waals surface area contributed by atoms with Gasteiger partial charge in [0.05, 0.1) is 6.04 Å². The van der Waals surface area contributed by atoms with Crippen LogP contribution < -0.4 is 5.73 Å². The van der Waals surface area contributed by atoms with Gasteiger partial charge in [-0.25, -0.2) is 0 Å². The Bertz CT molecular complexity index is 267. The molecule has 5 heteroatoms. The van der Waals surface area contributed by atoms with E-state index in [1.54, 1.807) is 18.7 Å². The van der Waals surface area contributed by atoms with E-state index in [1.165, 1.54) is 0 Å². The Balaban J connectivity index is 2.88. The van der Waals surface area contributed by atoms with Crippen LogP contribution in [0.4, 0.5) is 0 Å². The van der Waals surface area contributed by atoms with Crippen molar-refractivity contribution in [3.05, 3.63) is 0 Å². The van der Waals surface area contributed by atoms with Crippen molar-refractivity contribution in [3.63, 3.8) is 0 Å².